The Kier molecular flexibility index (Phi) is 2.15. The standard InChI is InChI=1S/C14H16Cl2O3/c1-13(2,12(17)18-3)19-10-6-4-9(5-7-10)11-8-14(11,15)16/h4-7,11H,8H2,1-3H3/i1D3,2D3. The maximum atomic E-state index is 12.1. The molecule has 1 saturated carbocycles. The van der Waals surface area contributed by atoms with Gasteiger partial charge in [0.2, 0.25) is 0 Å². The minimum absolute atomic E-state index is 0.0690. The summed E-state index contributed by atoms with van der Waals surface area (Å²) in [6.45, 7) is -6.58. The monoisotopic (exact) mass is 308 g/mol. The van der Waals surface area contributed by atoms with Crippen LogP contribution in [0.5, 0.6) is 5.75 Å². The molecule has 0 aliphatic heterocycles. The molecule has 0 aromatic heterocycles. The topological polar surface area (TPSA) is 35.5 Å². The average molecular weight is 309 g/mol. The van der Waals surface area contributed by atoms with Crippen molar-refractivity contribution in [2.24, 2.45) is 0 Å². The second-order valence-corrected chi connectivity index (χ2v) is 5.90. The number of methoxy groups -OCH3 is 1. The van der Waals surface area contributed by atoms with Crippen LogP contribution in [-0.4, -0.2) is 23.0 Å². The van der Waals surface area contributed by atoms with Crippen LogP contribution in [0.25, 0.3) is 0 Å². The summed E-state index contributed by atoms with van der Waals surface area (Å²) in [7, 11) is 0.897. The Balaban J connectivity index is 2.39. The Bertz CT molecular complexity index is 640. The first-order chi connectivity index (χ1) is 11.3. The zero-order chi connectivity index (χ0) is 19.3. The number of hydrogen-bond donors (Lipinski definition) is 0. The molecule has 1 aromatic carbocycles. The van der Waals surface area contributed by atoms with E-state index in [1.165, 1.54) is 12.1 Å². The maximum Gasteiger partial charge on any atom is 0.349 e. The molecule has 1 fully saturated rings. The zero-order valence-corrected chi connectivity index (χ0v) is 11.6. The Labute approximate surface area is 131 Å². The van der Waals surface area contributed by atoms with Crippen LogP contribution in [0.15, 0.2) is 24.3 Å². The van der Waals surface area contributed by atoms with E-state index in [9.17, 15) is 4.79 Å². The van der Waals surface area contributed by atoms with E-state index in [1.807, 2.05) is 0 Å². The quantitative estimate of drug-likeness (QED) is 0.629. The highest BCUT2D eigenvalue weighted by Crippen LogP contribution is 2.59. The van der Waals surface area contributed by atoms with Gasteiger partial charge in [0.25, 0.3) is 0 Å². The van der Waals surface area contributed by atoms with Crippen molar-refractivity contribution in [3.05, 3.63) is 29.8 Å². The van der Waals surface area contributed by atoms with Crippen LogP contribution in [0.1, 0.15) is 39.8 Å². The third kappa shape index (κ3) is 3.15. The molecule has 0 amide bonds. The van der Waals surface area contributed by atoms with Crippen molar-refractivity contribution in [3.8, 4) is 5.75 Å². The molecule has 19 heavy (non-hydrogen) atoms. The number of halogens is 2. The van der Waals surface area contributed by atoms with E-state index in [2.05, 4.69) is 4.74 Å². The summed E-state index contributed by atoms with van der Waals surface area (Å²) in [5.74, 6) is -1.67. The van der Waals surface area contributed by atoms with E-state index in [-0.39, 0.29) is 11.7 Å². The SMILES string of the molecule is [2H]C([2H])([2H])C(Oc1ccc(C2CC2(Cl)Cl)cc1)(C(=O)OC)C([2H])([2H])[2H]. The number of esters is 1. The fraction of sp³-hybridized carbons (Fsp3) is 0.500. The van der Waals surface area contributed by atoms with E-state index in [1.54, 1.807) is 12.1 Å². The van der Waals surface area contributed by atoms with Crippen molar-refractivity contribution in [1.82, 2.24) is 0 Å². The van der Waals surface area contributed by atoms with Gasteiger partial charge in [-0.2, -0.15) is 0 Å². The highest BCUT2D eigenvalue weighted by atomic mass is 35.5. The molecular weight excluding hydrogens is 287 g/mol. The second kappa shape index (κ2) is 4.88. The molecule has 1 aliphatic carbocycles. The number of alkyl halides is 2. The molecule has 0 heterocycles. The maximum absolute atomic E-state index is 12.1. The fourth-order valence-corrected chi connectivity index (χ4v) is 2.27. The van der Waals surface area contributed by atoms with Crippen LogP contribution in [0.4, 0.5) is 0 Å². The lowest BCUT2D eigenvalue weighted by Gasteiger charge is -2.23. The molecule has 0 N–H and O–H groups in total. The predicted octanol–water partition coefficient (Wildman–Crippen LogP) is 3.68. The molecule has 1 unspecified atom stereocenters. The Morgan fingerprint density at radius 3 is 2.42 bits per heavy atom. The van der Waals surface area contributed by atoms with Gasteiger partial charge < -0.3 is 9.47 Å². The molecule has 104 valence electrons. The smallest absolute Gasteiger partial charge is 0.349 e. The largest absolute Gasteiger partial charge is 0.476 e. The van der Waals surface area contributed by atoms with Gasteiger partial charge in [-0.1, -0.05) is 12.1 Å². The van der Waals surface area contributed by atoms with Gasteiger partial charge in [0, 0.05) is 14.1 Å². The first kappa shape index (κ1) is 8.38. The van der Waals surface area contributed by atoms with Crippen LogP contribution in [0, 0.1) is 0 Å². The number of carbonyl (C=O) groups is 1. The molecule has 1 atom stereocenters. The number of benzene rings is 1. The molecule has 1 aliphatic rings. The predicted molar refractivity (Wildman–Crippen MR) is 75.0 cm³/mol. The van der Waals surface area contributed by atoms with Crippen molar-refractivity contribution in [2.45, 2.75) is 36.0 Å². The second-order valence-electron chi connectivity index (χ2n) is 4.36. The van der Waals surface area contributed by atoms with Gasteiger partial charge in [0.15, 0.2) is 5.60 Å². The average Bonchev–Trinajstić information content (AvgIpc) is 3.10. The summed E-state index contributed by atoms with van der Waals surface area (Å²) in [6.07, 6.45) is 0.576. The van der Waals surface area contributed by atoms with E-state index in [4.69, 9.17) is 36.2 Å². The summed E-state index contributed by atoms with van der Waals surface area (Å²) in [5.41, 5.74) is -2.35. The summed E-state index contributed by atoms with van der Waals surface area (Å²) in [4.78, 5) is 12.1. The van der Waals surface area contributed by atoms with E-state index in [0.717, 1.165) is 12.7 Å². The first-order valence-electron chi connectivity index (χ1n) is 8.51. The molecule has 5 heteroatoms. The van der Waals surface area contributed by atoms with E-state index in [0.29, 0.717) is 6.42 Å². The van der Waals surface area contributed by atoms with E-state index >= 15 is 0 Å². The number of ether oxygens (including phenoxy) is 2. The molecule has 2 rings (SSSR count). The van der Waals surface area contributed by atoms with Gasteiger partial charge in [-0.15, -0.1) is 23.2 Å². The van der Waals surface area contributed by atoms with Gasteiger partial charge in [-0.3, -0.25) is 0 Å². The van der Waals surface area contributed by atoms with Crippen LogP contribution in [0.3, 0.4) is 0 Å². The van der Waals surface area contributed by atoms with Gasteiger partial charge in [-0.25, -0.2) is 4.79 Å². The Morgan fingerprint density at radius 1 is 1.42 bits per heavy atom. The highest BCUT2D eigenvalue weighted by Gasteiger charge is 2.52. The fourth-order valence-electron chi connectivity index (χ4n) is 1.71. The summed E-state index contributed by atoms with van der Waals surface area (Å²) in [6, 6.07) is 5.92. The van der Waals surface area contributed by atoms with Crippen LogP contribution >= 0.6 is 23.2 Å². The lowest BCUT2D eigenvalue weighted by atomic mass is 10.1. The third-order valence-corrected chi connectivity index (χ3v) is 3.69. The van der Waals surface area contributed by atoms with Crippen molar-refractivity contribution >= 4 is 29.2 Å². The number of carbonyl (C=O) groups excluding carboxylic acids is 1. The molecule has 0 saturated heterocycles. The highest BCUT2D eigenvalue weighted by molar-refractivity contribution is 6.51. The molecule has 0 radical (unpaired) electrons. The Hall–Kier alpha value is -0.930. The van der Waals surface area contributed by atoms with Crippen LogP contribution < -0.4 is 4.74 Å². The van der Waals surface area contributed by atoms with Crippen LogP contribution in [-0.2, 0) is 9.53 Å². The number of hydrogen-bond acceptors (Lipinski definition) is 3. The summed E-state index contributed by atoms with van der Waals surface area (Å²) < 4.78 is 54.2. The van der Waals surface area contributed by atoms with Crippen molar-refractivity contribution in [2.75, 3.05) is 7.11 Å². The van der Waals surface area contributed by atoms with Crippen molar-refractivity contribution in [3.63, 3.8) is 0 Å². The minimum atomic E-state index is -3.29. The van der Waals surface area contributed by atoms with Crippen LogP contribution in [0.2, 0.25) is 0 Å². The van der Waals surface area contributed by atoms with Gasteiger partial charge in [0.05, 0.1) is 7.11 Å². The lowest BCUT2D eigenvalue weighted by molar-refractivity contribution is -0.156. The van der Waals surface area contributed by atoms with Crippen molar-refractivity contribution in [1.29, 1.82) is 0 Å². The molecule has 0 bridgehead atoms. The molecule has 3 nitrogen and oxygen atoms in total. The van der Waals surface area contributed by atoms with Gasteiger partial charge in [0.1, 0.15) is 10.1 Å². The van der Waals surface area contributed by atoms with E-state index < -0.39 is 29.6 Å². The zero-order valence-electron chi connectivity index (χ0n) is 16.1. The number of rotatable bonds is 4. The molecular formula is C14H16Cl2O3. The molecule has 1 aromatic rings. The summed E-state index contributed by atoms with van der Waals surface area (Å²) in [5, 5.41) is 0. The van der Waals surface area contributed by atoms with Crippen molar-refractivity contribution < 1.29 is 22.5 Å². The Morgan fingerprint density at radius 2 is 2.00 bits per heavy atom. The minimum Gasteiger partial charge on any atom is -0.476 e. The summed E-state index contributed by atoms with van der Waals surface area (Å²) >= 11 is 12.0. The normalized spacial score (nSPS) is 26.8. The first-order valence-corrected chi connectivity index (χ1v) is 6.27. The van der Waals surface area contributed by atoms with Gasteiger partial charge in [-0.05, 0) is 37.8 Å². The lowest BCUT2D eigenvalue weighted by Crippen LogP contribution is -2.39. The third-order valence-electron chi connectivity index (χ3n) is 2.85. The van der Waals surface area contributed by atoms with Gasteiger partial charge >= 0.3 is 5.97 Å². The molecule has 0 spiro atoms.